The third-order valence-electron chi connectivity index (χ3n) is 3.86. The maximum Gasteiger partial charge on any atom is 0.126 e. The lowest BCUT2D eigenvalue weighted by Crippen LogP contribution is -2.51. The van der Waals surface area contributed by atoms with Gasteiger partial charge in [0.05, 0.1) is 6.04 Å². The fourth-order valence-corrected chi connectivity index (χ4v) is 2.59. The predicted molar refractivity (Wildman–Crippen MR) is 71.8 cm³/mol. The van der Waals surface area contributed by atoms with Crippen LogP contribution < -0.4 is 11.3 Å². The molecule has 0 radical (unpaired) electrons. The van der Waals surface area contributed by atoms with Crippen LogP contribution in [0.25, 0.3) is 0 Å². The van der Waals surface area contributed by atoms with Gasteiger partial charge in [0.1, 0.15) is 5.82 Å². The third kappa shape index (κ3) is 2.89. The normalized spacial score (nSPS) is 24.3. The summed E-state index contributed by atoms with van der Waals surface area (Å²) < 4.78 is 2.02. The second kappa shape index (κ2) is 5.79. The van der Waals surface area contributed by atoms with Crippen molar-refractivity contribution in [3.63, 3.8) is 0 Å². The third-order valence-corrected chi connectivity index (χ3v) is 3.86. The van der Waals surface area contributed by atoms with Crippen LogP contribution in [-0.4, -0.2) is 59.1 Å². The SMILES string of the molecule is CN1CCN(C)C(CC(NN)c2nccn2C)C1. The minimum atomic E-state index is 0.101. The van der Waals surface area contributed by atoms with E-state index in [9.17, 15) is 0 Å². The summed E-state index contributed by atoms with van der Waals surface area (Å²) >= 11 is 0. The number of hydrazine groups is 1. The molecule has 18 heavy (non-hydrogen) atoms. The monoisotopic (exact) mass is 252 g/mol. The molecule has 0 bridgehead atoms. The van der Waals surface area contributed by atoms with Gasteiger partial charge in [0, 0.05) is 45.1 Å². The zero-order valence-corrected chi connectivity index (χ0v) is 11.5. The van der Waals surface area contributed by atoms with Crippen LogP contribution >= 0.6 is 0 Å². The Kier molecular flexibility index (Phi) is 4.34. The molecule has 0 aromatic carbocycles. The van der Waals surface area contributed by atoms with Gasteiger partial charge in [-0.2, -0.15) is 0 Å². The highest BCUT2D eigenvalue weighted by Gasteiger charge is 2.26. The maximum absolute atomic E-state index is 5.69. The zero-order valence-electron chi connectivity index (χ0n) is 11.5. The van der Waals surface area contributed by atoms with Gasteiger partial charge in [-0.05, 0) is 20.5 Å². The van der Waals surface area contributed by atoms with Gasteiger partial charge in [-0.3, -0.25) is 5.84 Å². The van der Waals surface area contributed by atoms with E-state index in [0.717, 1.165) is 31.9 Å². The number of hydrogen-bond acceptors (Lipinski definition) is 5. The number of nitrogens with two attached hydrogens (primary N) is 1. The Hall–Kier alpha value is -0.950. The molecule has 1 fully saturated rings. The number of imidazole rings is 1. The smallest absolute Gasteiger partial charge is 0.126 e. The lowest BCUT2D eigenvalue weighted by atomic mass is 10.0. The molecule has 1 aliphatic rings. The topological polar surface area (TPSA) is 62.4 Å². The number of nitrogens with zero attached hydrogens (tertiary/aromatic N) is 4. The predicted octanol–water partition coefficient (Wildman–Crippen LogP) is -0.440. The van der Waals surface area contributed by atoms with E-state index < -0.39 is 0 Å². The Morgan fingerprint density at radius 3 is 2.83 bits per heavy atom. The first kappa shape index (κ1) is 13.5. The van der Waals surface area contributed by atoms with Gasteiger partial charge < -0.3 is 14.4 Å². The highest BCUT2D eigenvalue weighted by Crippen LogP contribution is 2.20. The molecule has 2 heterocycles. The van der Waals surface area contributed by atoms with E-state index in [1.54, 1.807) is 0 Å². The number of aryl methyl sites for hydroxylation is 1. The highest BCUT2D eigenvalue weighted by molar-refractivity contribution is 5.00. The molecule has 2 rings (SSSR count). The van der Waals surface area contributed by atoms with Crippen LogP contribution in [0.5, 0.6) is 0 Å². The minimum Gasteiger partial charge on any atom is -0.337 e. The van der Waals surface area contributed by atoms with Gasteiger partial charge in [-0.25, -0.2) is 10.4 Å². The van der Waals surface area contributed by atoms with E-state index >= 15 is 0 Å². The number of hydrogen-bond donors (Lipinski definition) is 2. The molecule has 6 heteroatoms. The Balaban J connectivity index is 2.04. The molecule has 0 saturated carbocycles. The Bertz CT molecular complexity index is 376. The minimum absolute atomic E-state index is 0.101. The Labute approximate surface area is 109 Å². The summed E-state index contributed by atoms with van der Waals surface area (Å²) in [5.74, 6) is 6.69. The fraction of sp³-hybridized carbons (Fsp3) is 0.750. The fourth-order valence-electron chi connectivity index (χ4n) is 2.59. The van der Waals surface area contributed by atoms with E-state index in [-0.39, 0.29) is 6.04 Å². The second-order valence-electron chi connectivity index (χ2n) is 5.25. The molecule has 0 aliphatic carbocycles. The van der Waals surface area contributed by atoms with E-state index in [1.165, 1.54) is 0 Å². The van der Waals surface area contributed by atoms with E-state index in [2.05, 4.69) is 34.3 Å². The average molecular weight is 252 g/mol. The zero-order chi connectivity index (χ0) is 13.1. The first-order valence-electron chi connectivity index (χ1n) is 6.44. The summed E-state index contributed by atoms with van der Waals surface area (Å²) in [5.41, 5.74) is 2.90. The van der Waals surface area contributed by atoms with Gasteiger partial charge in [-0.15, -0.1) is 0 Å². The van der Waals surface area contributed by atoms with Crippen molar-refractivity contribution >= 4 is 0 Å². The van der Waals surface area contributed by atoms with E-state index in [1.807, 2.05) is 24.0 Å². The molecular formula is C12H24N6. The number of rotatable bonds is 4. The van der Waals surface area contributed by atoms with Crippen LogP contribution in [0, 0.1) is 0 Å². The molecule has 2 unspecified atom stereocenters. The average Bonchev–Trinajstić information content (AvgIpc) is 2.77. The quantitative estimate of drug-likeness (QED) is 0.562. The first-order chi connectivity index (χ1) is 8.61. The molecule has 1 saturated heterocycles. The van der Waals surface area contributed by atoms with E-state index in [4.69, 9.17) is 5.84 Å². The molecular weight excluding hydrogens is 228 g/mol. The van der Waals surface area contributed by atoms with Crippen LogP contribution in [0.3, 0.4) is 0 Å². The maximum atomic E-state index is 5.69. The molecule has 102 valence electrons. The molecule has 1 aromatic heterocycles. The molecule has 6 nitrogen and oxygen atoms in total. The van der Waals surface area contributed by atoms with Crippen molar-refractivity contribution in [2.24, 2.45) is 12.9 Å². The van der Waals surface area contributed by atoms with Crippen molar-refractivity contribution in [1.82, 2.24) is 24.8 Å². The van der Waals surface area contributed by atoms with Crippen LogP contribution in [0.4, 0.5) is 0 Å². The van der Waals surface area contributed by atoms with Crippen LogP contribution in [0.1, 0.15) is 18.3 Å². The standard InChI is InChI=1S/C12H24N6/c1-16-6-7-17(2)10(9-16)8-11(15-13)12-14-4-5-18(12)3/h4-5,10-11,15H,6-9,13H2,1-3H3. The number of nitrogens with one attached hydrogen (secondary N) is 1. The summed E-state index contributed by atoms with van der Waals surface area (Å²) in [5, 5.41) is 0. The lowest BCUT2D eigenvalue weighted by molar-refractivity contribution is 0.0999. The summed E-state index contributed by atoms with van der Waals surface area (Å²) in [6, 6.07) is 0.616. The summed E-state index contributed by atoms with van der Waals surface area (Å²) in [6.45, 7) is 3.33. The molecule has 1 aromatic rings. The highest BCUT2D eigenvalue weighted by atomic mass is 15.3. The lowest BCUT2D eigenvalue weighted by Gasteiger charge is -2.39. The van der Waals surface area contributed by atoms with Gasteiger partial charge in [-0.1, -0.05) is 0 Å². The van der Waals surface area contributed by atoms with E-state index in [0.29, 0.717) is 6.04 Å². The van der Waals surface area contributed by atoms with Crippen molar-refractivity contribution in [1.29, 1.82) is 0 Å². The van der Waals surface area contributed by atoms with Gasteiger partial charge >= 0.3 is 0 Å². The van der Waals surface area contributed by atoms with Crippen molar-refractivity contribution in [3.8, 4) is 0 Å². The van der Waals surface area contributed by atoms with Crippen LogP contribution in [0.15, 0.2) is 12.4 Å². The summed E-state index contributed by atoms with van der Waals surface area (Å²) in [4.78, 5) is 9.17. The number of aromatic nitrogens is 2. The number of likely N-dealkylation sites (N-methyl/N-ethyl adjacent to an activating group) is 2. The molecule has 1 aliphatic heterocycles. The Morgan fingerprint density at radius 2 is 2.22 bits per heavy atom. The van der Waals surface area contributed by atoms with Crippen molar-refractivity contribution in [3.05, 3.63) is 18.2 Å². The molecule has 3 N–H and O–H groups in total. The van der Waals surface area contributed by atoms with Crippen molar-refractivity contribution < 1.29 is 0 Å². The van der Waals surface area contributed by atoms with Crippen molar-refractivity contribution in [2.45, 2.75) is 18.5 Å². The summed E-state index contributed by atoms with van der Waals surface area (Å²) in [6.07, 6.45) is 4.74. The van der Waals surface area contributed by atoms with Gasteiger partial charge in [0.2, 0.25) is 0 Å². The molecule has 2 atom stereocenters. The largest absolute Gasteiger partial charge is 0.337 e. The summed E-state index contributed by atoms with van der Waals surface area (Å²) in [7, 11) is 6.36. The molecule has 0 amide bonds. The number of piperazine rings is 1. The Morgan fingerprint density at radius 1 is 1.44 bits per heavy atom. The van der Waals surface area contributed by atoms with Crippen LogP contribution in [0.2, 0.25) is 0 Å². The first-order valence-corrected chi connectivity index (χ1v) is 6.44. The van der Waals surface area contributed by atoms with Crippen molar-refractivity contribution in [2.75, 3.05) is 33.7 Å². The van der Waals surface area contributed by atoms with Gasteiger partial charge in [0.15, 0.2) is 0 Å². The molecule has 0 spiro atoms. The van der Waals surface area contributed by atoms with Gasteiger partial charge in [0.25, 0.3) is 0 Å². The van der Waals surface area contributed by atoms with Crippen LogP contribution in [-0.2, 0) is 7.05 Å². The second-order valence-corrected chi connectivity index (χ2v) is 5.25.